The minimum Gasteiger partial charge on any atom is -0.383 e. The first-order valence-electron chi connectivity index (χ1n) is 8.17. The summed E-state index contributed by atoms with van der Waals surface area (Å²) in [4.78, 5) is 8.48. The first-order chi connectivity index (χ1) is 11.4. The quantitative estimate of drug-likeness (QED) is 0.591. The highest BCUT2D eigenvalue weighted by molar-refractivity contribution is 5.97. The standard InChI is InChI=1S/2C10H14N2.2ClH/c2*1-8(2)12-10(11)9-6-4-3-5-7-9;;/h2*3-8H,1-2H3,(H2,11,12);2*1H. The van der Waals surface area contributed by atoms with Gasteiger partial charge in [-0.2, -0.15) is 0 Å². The number of benzene rings is 2. The van der Waals surface area contributed by atoms with Crippen molar-refractivity contribution < 1.29 is 0 Å². The van der Waals surface area contributed by atoms with Gasteiger partial charge in [-0.25, -0.2) is 0 Å². The van der Waals surface area contributed by atoms with Crippen LogP contribution < -0.4 is 11.5 Å². The molecule has 2 aromatic carbocycles. The molecule has 0 saturated carbocycles. The highest BCUT2D eigenvalue weighted by Gasteiger charge is 1.97. The van der Waals surface area contributed by atoms with Crippen molar-refractivity contribution in [2.45, 2.75) is 39.8 Å². The van der Waals surface area contributed by atoms with Crippen LogP contribution in [-0.2, 0) is 0 Å². The molecular weight excluding hydrogens is 367 g/mol. The van der Waals surface area contributed by atoms with Crippen molar-refractivity contribution in [1.82, 2.24) is 0 Å². The normalized spacial score (nSPS) is 11.2. The fraction of sp³-hybridized carbons (Fsp3) is 0.300. The second-order valence-electron chi connectivity index (χ2n) is 5.95. The van der Waals surface area contributed by atoms with Gasteiger partial charge in [0.15, 0.2) is 0 Å². The number of amidine groups is 2. The molecule has 0 heterocycles. The van der Waals surface area contributed by atoms with Crippen LogP contribution in [0.25, 0.3) is 0 Å². The molecule has 26 heavy (non-hydrogen) atoms. The molecule has 0 fully saturated rings. The van der Waals surface area contributed by atoms with Gasteiger partial charge in [0, 0.05) is 23.2 Å². The monoisotopic (exact) mass is 396 g/mol. The molecule has 0 radical (unpaired) electrons. The number of halogens is 2. The van der Waals surface area contributed by atoms with Crippen LogP contribution in [0.4, 0.5) is 0 Å². The predicted octanol–water partition coefficient (Wildman–Crippen LogP) is 4.44. The molecule has 0 aliphatic heterocycles. The summed E-state index contributed by atoms with van der Waals surface area (Å²) in [6.45, 7) is 8.04. The minimum atomic E-state index is 0. The topological polar surface area (TPSA) is 76.8 Å². The lowest BCUT2D eigenvalue weighted by atomic mass is 10.2. The van der Waals surface area contributed by atoms with Crippen molar-refractivity contribution >= 4 is 36.5 Å². The van der Waals surface area contributed by atoms with E-state index in [1.165, 1.54) is 0 Å². The zero-order valence-electron chi connectivity index (χ0n) is 15.8. The smallest absolute Gasteiger partial charge is 0.125 e. The zero-order chi connectivity index (χ0) is 17.9. The summed E-state index contributed by atoms with van der Waals surface area (Å²) in [5.41, 5.74) is 13.5. The Hall–Kier alpha value is -2.04. The Kier molecular flexibility index (Phi) is 14.3. The lowest BCUT2D eigenvalue weighted by Crippen LogP contribution is -2.15. The largest absolute Gasteiger partial charge is 0.383 e. The second kappa shape index (κ2) is 14.2. The van der Waals surface area contributed by atoms with E-state index in [1.807, 2.05) is 88.4 Å². The van der Waals surface area contributed by atoms with Crippen molar-refractivity contribution in [1.29, 1.82) is 0 Å². The van der Waals surface area contributed by atoms with E-state index < -0.39 is 0 Å². The highest BCUT2D eigenvalue weighted by Crippen LogP contribution is 2.00. The number of nitrogens with zero attached hydrogens (tertiary/aromatic N) is 2. The third-order valence-electron chi connectivity index (χ3n) is 2.93. The SMILES string of the molecule is CC(C)N=C(N)c1ccccc1.CC(C)N=C(N)c1ccccc1.Cl.Cl. The first-order valence-corrected chi connectivity index (χ1v) is 8.17. The van der Waals surface area contributed by atoms with E-state index in [1.54, 1.807) is 0 Å². The minimum absolute atomic E-state index is 0. The molecule has 0 aromatic heterocycles. The van der Waals surface area contributed by atoms with E-state index in [0.29, 0.717) is 11.7 Å². The van der Waals surface area contributed by atoms with E-state index in [4.69, 9.17) is 11.5 Å². The van der Waals surface area contributed by atoms with Crippen molar-refractivity contribution in [2.24, 2.45) is 21.5 Å². The molecule has 0 atom stereocenters. The Morgan fingerprint density at radius 1 is 0.615 bits per heavy atom. The van der Waals surface area contributed by atoms with Gasteiger partial charge in [0.05, 0.1) is 0 Å². The van der Waals surface area contributed by atoms with Crippen LogP contribution in [0.2, 0.25) is 0 Å². The summed E-state index contributed by atoms with van der Waals surface area (Å²) in [7, 11) is 0. The number of aliphatic imine (C=N–C) groups is 2. The van der Waals surface area contributed by atoms with Gasteiger partial charge < -0.3 is 11.5 Å². The second-order valence-corrected chi connectivity index (χ2v) is 5.95. The third kappa shape index (κ3) is 10.7. The summed E-state index contributed by atoms with van der Waals surface area (Å²) < 4.78 is 0. The molecular formula is C20H30Cl2N4. The molecule has 0 bridgehead atoms. The fourth-order valence-corrected chi connectivity index (χ4v) is 1.92. The van der Waals surface area contributed by atoms with E-state index >= 15 is 0 Å². The van der Waals surface area contributed by atoms with Gasteiger partial charge in [0.1, 0.15) is 11.7 Å². The first kappa shape index (κ1) is 26.2. The van der Waals surface area contributed by atoms with Crippen LogP contribution in [-0.4, -0.2) is 23.8 Å². The maximum absolute atomic E-state index is 5.75. The highest BCUT2D eigenvalue weighted by atomic mass is 35.5. The number of rotatable bonds is 4. The lowest BCUT2D eigenvalue weighted by Gasteiger charge is -2.02. The summed E-state index contributed by atoms with van der Waals surface area (Å²) in [5, 5.41) is 0. The molecule has 0 aliphatic carbocycles. The molecule has 0 aliphatic rings. The molecule has 144 valence electrons. The van der Waals surface area contributed by atoms with Crippen LogP contribution in [0, 0.1) is 0 Å². The molecule has 0 unspecified atom stereocenters. The van der Waals surface area contributed by atoms with Gasteiger partial charge in [-0.1, -0.05) is 60.7 Å². The van der Waals surface area contributed by atoms with E-state index in [9.17, 15) is 0 Å². The van der Waals surface area contributed by atoms with Gasteiger partial charge in [-0.05, 0) is 27.7 Å². The average molecular weight is 397 g/mol. The number of hydrogen-bond donors (Lipinski definition) is 2. The van der Waals surface area contributed by atoms with E-state index in [-0.39, 0.29) is 36.9 Å². The number of nitrogens with two attached hydrogens (primary N) is 2. The van der Waals surface area contributed by atoms with Crippen molar-refractivity contribution in [2.75, 3.05) is 0 Å². The van der Waals surface area contributed by atoms with E-state index in [2.05, 4.69) is 9.98 Å². The number of hydrogen-bond acceptors (Lipinski definition) is 2. The molecule has 0 amide bonds. The third-order valence-corrected chi connectivity index (χ3v) is 2.93. The lowest BCUT2D eigenvalue weighted by molar-refractivity contribution is 0.834. The van der Waals surface area contributed by atoms with Crippen molar-refractivity contribution in [3.63, 3.8) is 0 Å². The fourth-order valence-electron chi connectivity index (χ4n) is 1.92. The van der Waals surface area contributed by atoms with Crippen molar-refractivity contribution in [3.8, 4) is 0 Å². The Bertz CT molecular complexity index is 595. The Morgan fingerprint density at radius 3 is 1.12 bits per heavy atom. The van der Waals surface area contributed by atoms with Crippen molar-refractivity contribution in [3.05, 3.63) is 71.8 Å². The molecule has 2 rings (SSSR count). The van der Waals surface area contributed by atoms with Crippen LogP contribution in [0.15, 0.2) is 70.6 Å². The molecule has 4 N–H and O–H groups in total. The molecule has 2 aromatic rings. The average Bonchev–Trinajstić information content (AvgIpc) is 2.56. The predicted molar refractivity (Wildman–Crippen MR) is 119 cm³/mol. The van der Waals surface area contributed by atoms with Crippen LogP contribution in [0.5, 0.6) is 0 Å². The van der Waals surface area contributed by atoms with Crippen LogP contribution in [0.3, 0.4) is 0 Å². The van der Waals surface area contributed by atoms with Gasteiger partial charge in [-0.3, -0.25) is 9.98 Å². The summed E-state index contributed by atoms with van der Waals surface area (Å²) >= 11 is 0. The zero-order valence-corrected chi connectivity index (χ0v) is 17.4. The Morgan fingerprint density at radius 2 is 0.885 bits per heavy atom. The van der Waals surface area contributed by atoms with Gasteiger partial charge in [0.2, 0.25) is 0 Å². The molecule has 4 nitrogen and oxygen atoms in total. The van der Waals surface area contributed by atoms with Gasteiger partial charge >= 0.3 is 0 Å². The summed E-state index contributed by atoms with van der Waals surface area (Å²) in [6.07, 6.45) is 0. The van der Waals surface area contributed by atoms with E-state index in [0.717, 1.165) is 11.1 Å². The van der Waals surface area contributed by atoms with Crippen LogP contribution in [0.1, 0.15) is 38.8 Å². The maximum atomic E-state index is 5.75. The van der Waals surface area contributed by atoms with Gasteiger partial charge in [0.25, 0.3) is 0 Å². The molecule has 0 spiro atoms. The Balaban J connectivity index is 0. The molecule has 0 saturated heterocycles. The Labute approximate surface area is 169 Å². The van der Waals surface area contributed by atoms with Gasteiger partial charge in [-0.15, -0.1) is 24.8 Å². The van der Waals surface area contributed by atoms with Crippen LogP contribution >= 0.6 is 24.8 Å². The summed E-state index contributed by atoms with van der Waals surface area (Å²) in [6, 6.07) is 20.1. The molecule has 6 heteroatoms. The summed E-state index contributed by atoms with van der Waals surface area (Å²) in [5.74, 6) is 1.23. The maximum Gasteiger partial charge on any atom is 0.125 e.